The second-order valence-electron chi connectivity index (χ2n) is 9.73. The number of aryl methyl sites for hydroxylation is 1. The molecule has 0 unspecified atom stereocenters. The summed E-state index contributed by atoms with van der Waals surface area (Å²) < 4.78 is 6.32. The first-order chi connectivity index (χ1) is 15.9. The van der Waals surface area contributed by atoms with E-state index in [1.54, 1.807) is 24.3 Å². The zero-order valence-corrected chi connectivity index (χ0v) is 18.5. The fraction of sp³-hybridized carbons (Fsp3) is 0.407. The minimum absolute atomic E-state index is 0.172. The van der Waals surface area contributed by atoms with Gasteiger partial charge in [0.25, 0.3) is 0 Å². The summed E-state index contributed by atoms with van der Waals surface area (Å²) in [6, 6.07) is 13.9. The number of likely N-dealkylation sites (tertiary alicyclic amines) is 1. The van der Waals surface area contributed by atoms with E-state index in [-0.39, 0.29) is 23.1 Å². The van der Waals surface area contributed by atoms with E-state index in [0.29, 0.717) is 5.56 Å². The molecule has 2 aromatic carbocycles. The molecule has 2 aliphatic heterocycles. The number of ketones is 2. The highest BCUT2D eigenvalue weighted by Gasteiger charge is 2.75. The summed E-state index contributed by atoms with van der Waals surface area (Å²) in [6.45, 7) is 1.96. The van der Waals surface area contributed by atoms with Crippen molar-refractivity contribution in [3.63, 3.8) is 0 Å². The van der Waals surface area contributed by atoms with E-state index in [4.69, 9.17) is 4.74 Å². The van der Waals surface area contributed by atoms with Crippen LogP contribution in [-0.4, -0.2) is 39.9 Å². The van der Waals surface area contributed by atoms with Crippen LogP contribution in [0.15, 0.2) is 48.5 Å². The summed E-state index contributed by atoms with van der Waals surface area (Å²) in [5, 5.41) is 0. The van der Waals surface area contributed by atoms with Gasteiger partial charge in [0.2, 0.25) is 29.0 Å². The predicted molar refractivity (Wildman–Crippen MR) is 119 cm³/mol. The quantitative estimate of drug-likeness (QED) is 0.521. The molecule has 6 heteroatoms. The normalized spacial score (nSPS) is 28.6. The highest BCUT2D eigenvalue weighted by atomic mass is 16.5. The summed E-state index contributed by atoms with van der Waals surface area (Å²) >= 11 is 0. The van der Waals surface area contributed by atoms with Crippen molar-refractivity contribution in [3.8, 4) is 0 Å². The minimum Gasteiger partial charge on any atom is -0.349 e. The minimum atomic E-state index is -1.97. The number of carbonyl (C=O) groups is 4. The van der Waals surface area contributed by atoms with Crippen molar-refractivity contribution in [2.45, 2.75) is 56.8 Å². The first-order valence-corrected chi connectivity index (χ1v) is 11.7. The number of ether oxygens (including phenoxy) is 1. The van der Waals surface area contributed by atoms with Crippen LogP contribution in [0.5, 0.6) is 0 Å². The number of hydrogen-bond donors (Lipinski definition) is 0. The van der Waals surface area contributed by atoms with Crippen LogP contribution >= 0.6 is 0 Å². The van der Waals surface area contributed by atoms with E-state index in [1.807, 2.05) is 31.2 Å². The molecule has 2 aliphatic carbocycles. The molecule has 0 radical (unpaired) electrons. The molecule has 168 valence electrons. The van der Waals surface area contributed by atoms with Gasteiger partial charge in [-0.25, -0.2) is 0 Å². The molecular formula is C27H25NO5. The Balaban J connectivity index is 1.50. The Kier molecular flexibility index (Phi) is 4.46. The van der Waals surface area contributed by atoms with Gasteiger partial charge in [0.15, 0.2) is 0 Å². The summed E-state index contributed by atoms with van der Waals surface area (Å²) in [6.07, 6.45) is 3.71. The van der Waals surface area contributed by atoms with Gasteiger partial charge >= 0.3 is 0 Å². The smallest absolute Gasteiger partial charge is 0.237 e. The molecule has 0 bridgehead atoms. The lowest BCUT2D eigenvalue weighted by Crippen LogP contribution is -2.52. The molecule has 3 fully saturated rings. The number of benzene rings is 2. The van der Waals surface area contributed by atoms with Crippen molar-refractivity contribution in [1.82, 2.24) is 4.90 Å². The summed E-state index contributed by atoms with van der Waals surface area (Å²) in [4.78, 5) is 56.4. The number of Topliss-reactive ketones (excluding diaryl/α,β-unsaturated/α-hetero) is 2. The van der Waals surface area contributed by atoms with Crippen LogP contribution < -0.4 is 0 Å². The van der Waals surface area contributed by atoms with E-state index in [0.717, 1.165) is 37.7 Å². The van der Waals surface area contributed by atoms with Crippen molar-refractivity contribution < 1.29 is 23.9 Å². The molecular weight excluding hydrogens is 418 g/mol. The van der Waals surface area contributed by atoms with Crippen LogP contribution in [0.1, 0.15) is 70.1 Å². The van der Waals surface area contributed by atoms with Crippen LogP contribution in [0.2, 0.25) is 0 Å². The van der Waals surface area contributed by atoms with Gasteiger partial charge in [0.05, 0.1) is 17.9 Å². The Morgan fingerprint density at radius 2 is 1.42 bits per heavy atom. The molecule has 2 saturated heterocycles. The first-order valence-electron chi connectivity index (χ1n) is 11.7. The Bertz CT molecular complexity index is 1160. The lowest BCUT2D eigenvalue weighted by Gasteiger charge is -2.33. The van der Waals surface area contributed by atoms with E-state index in [2.05, 4.69) is 0 Å². The van der Waals surface area contributed by atoms with Gasteiger partial charge in [-0.3, -0.25) is 24.1 Å². The number of rotatable bonds is 2. The highest BCUT2D eigenvalue weighted by molar-refractivity contribution is 6.35. The van der Waals surface area contributed by atoms with Gasteiger partial charge in [-0.1, -0.05) is 73.4 Å². The van der Waals surface area contributed by atoms with E-state index in [9.17, 15) is 19.2 Å². The lowest BCUT2D eigenvalue weighted by atomic mass is 9.77. The standard InChI is InChI=1S/C27H25NO5/c1-15-11-13-16(14-12-15)22-20-21(26(32)28(25(20)31)17-7-3-2-4-8-17)27(33-22)23(29)18-9-5-6-10-19(18)24(27)30/h5-6,9-14,17,20-22H,2-4,7-8H2,1H3/t20-,21-,22-/m1/s1. The number of amides is 2. The molecule has 2 aromatic rings. The number of hydrogen-bond acceptors (Lipinski definition) is 5. The second kappa shape index (κ2) is 7.19. The van der Waals surface area contributed by atoms with Gasteiger partial charge < -0.3 is 4.74 Å². The molecule has 1 saturated carbocycles. The van der Waals surface area contributed by atoms with E-state index < -0.39 is 41.0 Å². The molecule has 0 aromatic heterocycles. The Morgan fingerprint density at radius 1 is 0.818 bits per heavy atom. The third-order valence-electron chi connectivity index (χ3n) is 7.90. The maximum Gasteiger partial charge on any atom is 0.237 e. The fourth-order valence-corrected chi connectivity index (χ4v) is 6.30. The maximum absolute atomic E-state index is 13.9. The summed E-state index contributed by atoms with van der Waals surface area (Å²) in [7, 11) is 0. The molecule has 1 spiro atoms. The highest BCUT2D eigenvalue weighted by Crippen LogP contribution is 2.57. The average Bonchev–Trinajstić information content (AvgIpc) is 3.40. The van der Waals surface area contributed by atoms with Gasteiger partial charge in [0, 0.05) is 17.2 Å². The number of imide groups is 1. The van der Waals surface area contributed by atoms with E-state index >= 15 is 0 Å². The van der Waals surface area contributed by atoms with Crippen molar-refractivity contribution in [3.05, 3.63) is 70.8 Å². The first kappa shape index (κ1) is 20.5. The number of carbonyl (C=O) groups excluding carboxylic acids is 4. The molecule has 6 nitrogen and oxygen atoms in total. The molecule has 33 heavy (non-hydrogen) atoms. The number of nitrogens with zero attached hydrogens (tertiary/aromatic N) is 1. The topological polar surface area (TPSA) is 80.8 Å². The SMILES string of the molecule is Cc1ccc([C@H]2OC3(C(=O)c4ccccc4C3=O)[C@H]3C(=O)N(C4CCCCC4)C(=O)[C@@H]23)cc1. The largest absolute Gasteiger partial charge is 0.349 e. The lowest BCUT2D eigenvalue weighted by molar-refractivity contribution is -0.148. The molecule has 0 N–H and O–H groups in total. The Labute approximate surface area is 191 Å². The van der Waals surface area contributed by atoms with Crippen molar-refractivity contribution >= 4 is 23.4 Å². The molecule has 6 rings (SSSR count). The monoisotopic (exact) mass is 443 g/mol. The average molecular weight is 443 g/mol. The van der Waals surface area contributed by atoms with Crippen molar-refractivity contribution in [1.29, 1.82) is 0 Å². The third kappa shape index (κ3) is 2.64. The zero-order chi connectivity index (χ0) is 22.9. The Morgan fingerprint density at radius 3 is 2.03 bits per heavy atom. The van der Waals surface area contributed by atoms with Gasteiger partial charge in [0.1, 0.15) is 0 Å². The molecule has 4 aliphatic rings. The van der Waals surface area contributed by atoms with Gasteiger partial charge in [-0.15, -0.1) is 0 Å². The van der Waals surface area contributed by atoms with Gasteiger partial charge in [-0.2, -0.15) is 0 Å². The second-order valence-corrected chi connectivity index (χ2v) is 9.73. The van der Waals surface area contributed by atoms with Crippen LogP contribution in [0.4, 0.5) is 0 Å². The summed E-state index contributed by atoms with van der Waals surface area (Å²) in [5.74, 6) is -3.76. The number of fused-ring (bicyclic) bond motifs is 3. The van der Waals surface area contributed by atoms with Crippen LogP contribution in [-0.2, 0) is 14.3 Å². The van der Waals surface area contributed by atoms with Crippen LogP contribution in [0.3, 0.4) is 0 Å². The summed E-state index contributed by atoms with van der Waals surface area (Å²) in [5.41, 5.74) is 0.307. The zero-order valence-electron chi connectivity index (χ0n) is 18.5. The molecule has 2 amide bonds. The Hall–Kier alpha value is -3.12. The maximum atomic E-state index is 13.9. The van der Waals surface area contributed by atoms with E-state index in [1.165, 1.54) is 4.90 Å². The van der Waals surface area contributed by atoms with Crippen LogP contribution in [0.25, 0.3) is 0 Å². The molecule has 2 heterocycles. The van der Waals surface area contributed by atoms with Crippen molar-refractivity contribution in [2.24, 2.45) is 11.8 Å². The predicted octanol–water partition coefficient (Wildman–Crippen LogP) is 3.82. The van der Waals surface area contributed by atoms with Crippen LogP contribution in [0, 0.1) is 18.8 Å². The molecule has 3 atom stereocenters. The van der Waals surface area contributed by atoms with Gasteiger partial charge in [-0.05, 0) is 25.3 Å². The van der Waals surface area contributed by atoms with Crippen molar-refractivity contribution in [2.75, 3.05) is 0 Å². The third-order valence-corrected chi connectivity index (χ3v) is 7.90. The fourth-order valence-electron chi connectivity index (χ4n) is 6.30.